The lowest BCUT2D eigenvalue weighted by molar-refractivity contribution is 1.03. The minimum atomic E-state index is -0.0343. The van der Waals surface area contributed by atoms with Crippen LogP contribution in [0.1, 0.15) is 0 Å². The van der Waals surface area contributed by atoms with Gasteiger partial charge in [0.25, 0.3) is 5.56 Å². The maximum atomic E-state index is 13.9. The Morgan fingerprint density at radius 3 is 1.72 bits per heavy atom. The molecule has 3 heterocycles. The second-order valence-corrected chi connectivity index (χ2v) is 9.82. The van der Waals surface area contributed by atoms with Crippen LogP contribution >= 0.6 is 0 Å². The first-order chi connectivity index (χ1) is 19.3. The van der Waals surface area contributed by atoms with Crippen molar-refractivity contribution in [2.75, 3.05) is 0 Å². The van der Waals surface area contributed by atoms with Crippen LogP contribution in [0.3, 0.4) is 0 Å². The summed E-state index contributed by atoms with van der Waals surface area (Å²) in [6.45, 7) is 0. The van der Waals surface area contributed by atoms with Gasteiger partial charge in [-0.3, -0.25) is 9.36 Å². The number of benzene rings is 5. The van der Waals surface area contributed by atoms with Gasteiger partial charge in [0.2, 0.25) is 0 Å². The van der Waals surface area contributed by atoms with Gasteiger partial charge in [-0.25, -0.2) is 0 Å². The van der Waals surface area contributed by atoms with Gasteiger partial charge in [-0.15, -0.1) is 0 Å². The lowest BCUT2D eigenvalue weighted by atomic mass is 10.1. The summed E-state index contributed by atoms with van der Waals surface area (Å²) >= 11 is 0. The molecule has 5 aromatic carbocycles. The first kappa shape index (κ1) is 21.7. The van der Waals surface area contributed by atoms with Gasteiger partial charge in [-0.1, -0.05) is 72.8 Å². The Balaban J connectivity index is 1.43. The van der Waals surface area contributed by atoms with E-state index in [0.717, 1.165) is 39.2 Å². The highest BCUT2D eigenvalue weighted by molar-refractivity contribution is 6.10. The van der Waals surface area contributed by atoms with Crippen molar-refractivity contribution in [1.29, 1.82) is 0 Å². The predicted molar refractivity (Wildman–Crippen MR) is 160 cm³/mol. The zero-order chi connectivity index (χ0) is 25.9. The van der Waals surface area contributed by atoms with Gasteiger partial charge in [0.1, 0.15) is 5.52 Å². The highest BCUT2D eigenvalue weighted by atomic mass is 16.1. The average Bonchev–Trinajstić information content (AvgIpc) is 3.59. The molecule has 0 amide bonds. The zero-order valence-electron chi connectivity index (χ0n) is 21.0. The van der Waals surface area contributed by atoms with Gasteiger partial charge in [-0.05, 0) is 72.3 Å². The summed E-state index contributed by atoms with van der Waals surface area (Å²) in [5, 5.41) is 2.39. The molecule has 39 heavy (non-hydrogen) atoms. The molecule has 0 radical (unpaired) electrons. The van der Waals surface area contributed by atoms with Gasteiger partial charge in [0.05, 0.1) is 27.8 Å². The molecule has 0 fully saturated rings. The molecule has 0 unspecified atom stereocenters. The first-order valence-electron chi connectivity index (χ1n) is 13.1. The Morgan fingerprint density at radius 1 is 0.410 bits per heavy atom. The molecular weight excluding hydrogens is 478 g/mol. The third-order valence-electron chi connectivity index (χ3n) is 7.66. The van der Waals surface area contributed by atoms with Crippen molar-refractivity contribution in [2.45, 2.75) is 0 Å². The van der Waals surface area contributed by atoms with Gasteiger partial charge in [-0.2, -0.15) is 0 Å². The van der Waals surface area contributed by atoms with Crippen LogP contribution in [0.25, 0.3) is 61.0 Å². The zero-order valence-corrected chi connectivity index (χ0v) is 21.0. The van der Waals surface area contributed by atoms with Crippen LogP contribution in [0.5, 0.6) is 0 Å². The Bertz CT molecular complexity index is 2240. The summed E-state index contributed by atoms with van der Waals surface area (Å²) in [5.41, 5.74) is 8.87. The largest absolute Gasteiger partial charge is 0.309 e. The monoisotopic (exact) mass is 501 g/mol. The highest BCUT2D eigenvalue weighted by Gasteiger charge is 2.18. The molecule has 3 aromatic heterocycles. The first-order valence-corrected chi connectivity index (χ1v) is 13.1. The van der Waals surface area contributed by atoms with E-state index in [-0.39, 0.29) is 5.56 Å². The standard InChI is InChI=1S/C35H23N3O/c39-35-34-22-21-29(38(34)33-18-10-9-17-32(33)37(35)26-13-5-2-6-14-26)24-19-20-31-28(23-24)27-15-7-8-16-30(27)36(31)25-11-3-1-4-12-25/h1-23H. The van der Waals surface area contributed by atoms with Crippen molar-refractivity contribution in [3.63, 3.8) is 0 Å². The van der Waals surface area contributed by atoms with E-state index in [1.54, 1.807) is 0 Å². The summed E-state index contributed by atoms with van der Waals surface area (Å²) in [6, 6.07) is 47.6. The smallest absolute Gasteiger partial charge is 0.279 e. The molecule has 0 saturated heterocycles. The minimum absolute atomic E-state index is 0.0343. The fraction of sp³-hybridized carbons (Fsp3) is 0. The molecule has 0 aliphatic carbocycles. The molecule has 8 rings (SSSR count). The number of fused-ring (bicyclic) bond motifs is 6. The molecule has 184 valence electrons. The van der Waals surface area contributed by atoms with E-state index in [1.165, 1.54) is 16.3 Å². The summed E-state index contributed by atoms with van der Waals surface area (Å²) < 4.78 is 6.23. The summed E-state index contributed by atoms with van der Waals surface area (Å²) in [6.07, 6.45) is 0. The lowest BCUT2D eigenvalue weighted by Crippen LogP contribution is -2.21. The topological polar surface area (TPSA) is 31.3 Å². The van der Waals surface area contributed by atoms with Crippen LogP contribution < -0.4 is 5.56 Å². The van der Waals surface area contributed by atoms with Gasteiger partial charge in [0.15, 0.2) is 0 Å². The van der Waals surface area contributed by atoms with E-state index in [0.29, 0.717) is 5.52 Å². The number of nitrogens with zero attached hydrogens (tertiary/aromatic N) is 3. The third kappa shape index (κ3) is 3.15. The van der Waals surface area contributed by atoms with Gasteiger partial charge < -0.3 is 8.97 Å². The molecule has 0 bridgehead atoms. The summed E-state index contributed by atoms with van der Waals surface area (Å²) in [5.74, 6) is 0. The Kier molecular flexibility index (Phi) is 4.64. The van der Waals surface area contributed by atoms with Crippen LogP contribution in [0, 0.1) is 0 Å². The minimum Gasteiger partial charge on any atom is -0.309 e. The van der Waals surface area contributed by atoms with Crippen molar-refractivity contribution in [2.24, 2.45) is 0 Å². The highest BCUT2D eigenvalue weighted by Crippen LogP contribution is 2.35. The molecule has 4 nitrogen and oxygen atoms in total. The normalized spacial score (nSPS) is 11.7. The maximum Gasteiger partial charge on any atom is 0.279 e. The molecule has 4 heteroatoms. The van der Waals surface area contributed by atoms with Crippen molar-refractivity contribution in [3.8, 4) is 22.6 Å². The fourth-order valence-electron chi connectivity index (χ4n) is 5.98. The number of para-hydroxylation sites is 5. The average molecular weight is 502 g/mol. The number of rotatable bonds is 3. The molecule has 0 aliphatic heterocycles. The van der Waals surface area contributed by atoms with E-state index in [4.69, 9.17) is 0 Å². The van der Waals surface area contributed by atoms with E-state index in [2.05, 4.69) is 87.8 Å². The second kappa shape index (κ2) is 8.33. The Morgan fingerprint density at radius 2 is 0.974 bits per heavy atom. The Labute approximate surface area is 224 Å². The molecule has 0 N–H and O–H groups in total. The molecule has 0 aliphatic rings. The molecule has 0 saturated carbocycles. The SMILES string of the molecule is O=c1c2ccc(-c3ccc4c(c3)c3ccccc3n4-c3ccccc3)n2c2ccccc2n1-c1ccccc1. The number of hydrogen-bond donors (Lipinski definition) is 0. The van der Waals surface area contributed by atoms with Crippen molar-refractivity contribution < 1.29 is 0 Å². The van der Waals surface area contributed by atoms with Crippen LogP contribution in [-0.4, -0.2) is 13.5 Å². The second-order valence-electron chi connectivity index (χ2n) is 9.82. The number of aromatic nitrogens is 3. The summed E-state index contributed by atoms with van der Waals surface area (Å²) in [7, 11) is 0. The fourth-order valence-corrected chi connectivity index (χ4v) is 5.98. The maximum absolute atomic E-state index is 13.9. The van der Waals surface area contributed by atoms with Crippen molar-refractivity contribution in [3.05, 3.63) is 150 Å². The molecular formula is C35H23N3O. The third-order valence-corrected chi connectivity index (χ3v) is 7.66. The quantitative estimate of drug-likeness (QED) is 0.241. The van der Waals surface area contributed by atoms with Crippen LogP contribution in [0.4, 0.5) is 0 Å². The van der Waals surface area contributed by atoms with E-state index >= 15 is 0 Å². The van der Waals surface area contributed by atoms with Crippen molar-refractivity contribution in [1.82, 2.24) is 13.5 Å². The van der Waals surface area contributed by atoms with E-state index in [9.17, 15) is 4.79 Å². The van der Waals surface area contributed by atoms with Gasteiger partial charge in [0, 0.05) is 22.1 Å². The molecule has 0 spiro atoms. The molecule has 0 atom stereocenters. The van der Waals surface area contributed by atoms with E-state index < -0.39 is 0 Å². The lowest BCUT2D eigenvalue weighted by Gasteiger charge is -2.14. The van der Waals surface area contributed by atoms with Gasteiger partial charge >= 0.3 is 0 Å². The number of hydrogen-bond acceptors (Lipinski definition) is 1. The van der Waals surface area contributed by atoms with Crippen LogP contribution in [-0.2, 0) is 0 Å². The molecule has 8 aromatic rings. The van der Waals surface area contributed by atoms with Crippen LogP contribution in [0.15, 0.2) is 144 Å². The summed E-state index contributed by atoms with van der Waals surface area (Å²) in [4.78, 5) is 13.9. The van der Waals surface area contributed by atoms with Crippen molar-refractivity contribution >= 4 is 38.4 Å². The van der Waals surface area contributed by atoms with Crippen LogP contribution in [0.2, 0.25) is 0 Å². The Hall–Kier alpha value is -5.35. The predicted octanol–water partition coefficient (Wildman–Crippen LogP) is 8.01. The van der Waals surface area contributed by atoms with E-state index in [1.807, 2.05) is 65.2 Å².